The first-order valence-electron chi connectivity index (χ1n) is 8.56. The van der Waals surface area contributed by atoms with Crippen molar-refractivity contribution < 1.29 is 9.72 Å². The number of nitro benzene ring substituents is 1. The fourth-order valence-corrected chi connectivity index (χ4v) is 3.84. The van der Waals surface area contributed by atoms with Crippen molar-refractivity contribution in [3.8, 4) is 0 Å². The second-order valence-corrected chi connectivity index (χ2v) is 6.80. The van der Waals surface area contributed by atoms with Gasteiger partial charge in [0.2, 0.25) is 5.91 Å². The lowest BCUT2D eigenvalue weighted by Gasteiger charge is -2.18. The summed E-state index contributed by atoms with van der Waals surface area (Å²) in [6, 6.07) is 6.57. The lowest BCUT2D eigenvalue weighted by atomic mass is 9.98. The number of nitrogens with two attached hydrogens (primary N) is 1. The smallest absolute Gasteiger partial charge is 0.269 e. The Morgan fingerprint density at radius 3 is 2.64 bits per heavy atom. The van der Waals surface area contributed by atoms with Gasteiger partial charge in [-0.1, -0.05) is 0 Å². The third kappa shape index (κ3) is 4.61. The average molecular weight is 369 g/mol. The number of amides is 1. The lowest BCUT2D eigenvalue weighted by Crippen LogP contribution is -2.33. The Kier molecular flexibility index (Phi) is 6.61. The third-order valence-corrected chi connectivity index (χ3v) is 5.24. The molecule has 8 heteroatoms. The summed E-state index contributed by atoms with van der Waals surface area (Å²) in [6.45, 7) is 2.36. The van der Waals surface area contributed by atoms with E-state index < -0.39 is 4.92 Å². The molecule has 3 rings (SSSR count). The summed E-state index contributed by atoms with van der Waals surface area (Å²) in [5.41, 5.74) is 7.01. The molecule has 1 aromatic carbocycles. The molecule has 1 amide bonds. The van der Waals surface area contributed by atoms with Gasteiger partial charge in [0.1, 0.15) is 0 Å². The summed E-state index contributed by atoms with van der Waals surface area (Å²) in [5.74, 6) is 1.30. The zero-order valence-electron chi connectivity index (χ0n) is 14.1. The Labute approximate surface area is 153 Å². The molecule has 2 aliphatic rings. The van der Waals surface area contributed by atoms with Crippen molar-refractivity contribution in [2.24, 2.45) is 17.6 Å². The summed E-state index contributed by atoms with van der Waals surface area (Å²) >= 11 is 0. The van der Waals surface area contributed by atoms with Crippen molar-refractivity contribution in [3.63, 3.8) is 0 Å². The zero-order chi connectivity index (χ0) is 17.1. The molecule has 0 aromatic heterocycles. The maximum absolute atomic E-state index is 12.3. The second-order valence-electron chi connectivity index (χ2n) is 6.80. The summed E-state index contributed by atoms with van der Waals surface area (Å²) in [7, 11) is 0. The van der Waals surface area contributed by atoms with Crippen LogP contribution in [0.3, 0.4) is 0 Å². The molecule has 7 nitrogen and oxygen atoms in total. The van der Waals surface area contributed by atoms with Crippen molar-refractivity contribution in [3.05, 3.63) is 34.4 Å². The van der Waals surface area contributed by atoms with Gasteiger partial charge in [-0.15, -0.1) is 12.4 Å². The van der Waals surface area contributed by atoms with E-state index in [1.165, 1.54) is 12.1 Å². The molecule has 3 N–H and O–H groups in total. The number of non-ortho nitro benzene ring substituents is 1. The van der Waals surface area contributed by atoms with Gasteiger partial charge in [-0.2, -0.15) is 0 Å². The molecule has 2 fully saturated rings. The van der Waals surface area contributed by atoms with Crippen LogP contribution < -0.4 is 11.1 Å². The molecular weight excluding hydrogens is 344 g/mol. The quantitative estimate of drug-likeness (QED) is 0.456. The molecule has 25 heavy (non-hydrogen) atoms. The van der Waals surface area contributed by atoms with Crippen LogP contribution in [0.15, 0.2) is 24.3 Å². The van der Waals surface area contributed by atoms with E-state index in [0.29, 0.717) is 24.8 Å². The molecule has 138 valence electrons. The van der Waals surface area contributed by atoms with Crippen LogP contribution in [0.1, 0.15) is 25.7 Å². The van der Waals surface area contributed by atoms with Crippen molar-refractivity contribution in [1.29, 1.82) is 0 Å². The van der Waals surface area contributed by atoms with E-state index in [9.17, 15) is 14.9 Å². The van der Waals surface area contributed by atoms with Crippen LogP contribution in [-0.2, 0) is 4.79 Å². The van der Waals surface area contributed by atoms with Crippen molar-refractivity contribution in [2.45, 2.75) is 31.7 Å². The number of nitro groups is 1. The number of hydrogen-bond acceptors (Lipinski definition) is 5. The van der Waals surface area contributed by atoms with Crippen molar-refractivity contribution in [2.75, 3.05) is 25.0 Å². The number of likely N-dealkylation sites (tertiary alicyclic amines) is 1. The monoisotopic (exact) mass is 368 g/mol. The minimum atomic E-state index is -0.417. The fraction of sp³-hybridized carbons (Fsp3) is 0.588. The van der Waals surface area contributed by atoms with Gasteiger partial charge in [0, 0.05) is 49.9 Å². The van der Waals surface area contributed by atoms with Crippen LogP contribution in [0.5, 0.6) is 0 Å². The Morgan fingerprint density at radius 2 is 2.00 bits per heavy atom. The van der Waals surface area contributed by atoms with Crippen LogP contribution in [0.4, 0.5) is 11.4 Å². The largest absolute Gasteiger partial charge is 0.385 e. The van der Waals surface area contributed by atoms with Crippen LogP contribution in [0.25, 0.3) is 0 Å². The van der Waals surface area contributed by atoms with Crippen LogP contribution in [-0.4, -0.2) is 41.4 Å². The Morgan fingerprint density at radius 1 is 1.28 bits per heavy atom. The zero-order valence-corrected chi connectivity index (χ0v) is 14.9. The highest BCUT2D eigenvalue weighted by molar-refractivity contribution is 5.85. The summed E-state index contributed by atoms with van der Waals surface area (Å²) in [6.07, 6.45) is 3.51. The molecule has 3 atom stereocenters. The molecule has 0 bridgehead atoms. The molecule has 0 spiro atoms. The second kappa shape index (κ2) is 8.49. The molecule has 1 aromatic rings. The molecule has 1 aliphatic heterocycles. The minimum Gasteiger partial charge on any atom is -0.385 e. The number of carbonyl (C=O) groups is 1. The number of benzene rings is 1. The summed E-state index contributed by atoms with van der Waals surface area (Å²) in [5, 5.41) is 13.8. The highest BCUT2D eigenvalue weighted by Crippen LogP contribution is 2.37. The molecule has 1 saturated heterocycles. The lowest BCUT2D eigenvalue weighted by molar-refractivity contribution is -0.384. The molecule has 1 aliphatic carbocycles. The highest BCUT2D eigenvalue weighted by Gasteiger charge is 2.42. The number of hydrogen-bond donors (Lipinski definition) is 2. The topological polar surface area (TPSA) is 102 Å². The van der Waals surface area contributed by atoms with E-state index >= 15 is 0 Å². The minimum absolute atomic E-state index is 0. The number of nitrogens with zero attached hydrogens (tertiary/aromatic N) is 2. The number of halogens is 1. The van der Waals surface area contributed by atoms with Gasteiger partial charge < -0.3 is 16.0 Å². The number of nitrogens with one attached hydrogen (secondary N) is 1. The van der Waals surface area contributed by atoms with Crippen molar-refractivity contribution in [1.82, 2.24) is 4.90 Å². The van der Waals surface area contributed by atoms with Crippen molar-refractivity contribution >= 4 is 29.7 Å². The third-order valence-electron chi connectivity index (χ3n) is 5.24. The average Bonchev–Trinajstić information content (AvgIpc) is 3.14. The molecule has 0 radical (unpaired) electrons. The first-order chi connectivity index (χ1) is 11.5. The van der Waals surface area contributed by atoms with E-state index in [1.54, 1.807) is 12.1 Å². The van der Waals surface area contributed by atoms with E-state index in [4.69, 9.17) is 5.73 Å². The predicted octanol–water partition coefficient (Wildman–Crippen LogP) is 2.40. The molecule has 1 heterocycles. The van der Waals surface area contributed by atoms with Crippen LogP contribution in [0.2, 0.25) is 0 Å². The predicted molar refractivity (Wildman–Crippen MR) is 98.8 cm³/mol. The van der Waals surface area contributed by atoms with Gasteiger partial charge in [0.15, 0.2) is 0 Å². The SMILES string of the molecule is Cl.NC1CCC2CN(C(=O)CCCNc3ccc([N+](=O)[O-])cc3)CC12. The van der Waals surface area contributed by atoms with E-state index in [1.807, 2.05) is 4.90 Å². The number of fused-ring (bicyclic) bond motifs is 1. The maximum atomic E-state index is 12.3. The normalized spacial score (nSPS) is 24.5. The number of rotatable bonds is 6. The standard InChI is InChI=1S/C17H24N4O3.ClH/c18-16-8-3-12-10-20(11-15(12)16)17(22)2-1-9-19-13-4-6-14(7-5-13)21(23)24;/h4-7,12,15-16,19H,1-3,8-11,18H2;1H. The van der Waals surface area contributed by atoms with E-state index in [0.717, 1.165) is 38.0 Å². The first kappa shape index (κ1) is 19.5. The Bertz CT molecular complexity index is 610. The number of anilines is 1. The van der Waals surface area contributed by atoms with Gasteiger partial charge >= 0.3 is 0 Å². The Balaban J connectivity index is 0.00000225. The fourth-order valence-electron chi connectivity index (χ4n) is 3.84. The van der Waals surface area contributed by atoms with Gasteiger partial charge in [-0.3, -0.25) is 14.9 Å². The number of carbonyl (C=O) groups excluding carboxylic acids is 1. The van der Waals surface area contributed by atoms with Gasteiger partial charge in [-0.25, -0.2) is 0 Å². The van der Waals surface area contributed by atoms with Crippen LogP contribution in [0, 0.1) is 22.0 Å². The van der Waals surface area contributed by atoms with Gasteiger partial charge in [-0.05, 0) is 43.2 Å². The van der Waals surface area contributed by atoms with Crippen LogP contribution >= 0.6 is 12.4 Å². The summed E-state index contributed by atoms with van der Waals surface area (Å²) in [4.78, 5) is 24.5. The van der Waals surface area contributed by atoms with Gasteiger partial charge in [0.05, 0.1) is 4.92 Å². The molecular formula is C17H25ClN4O3. The highest BCUT2D eigenvalue weighted by atomic mass is 35.5. The summed E-state index contributed by atoms with van der Waals surface area (Å²) < 4.78 is 0. The Hall–Kier alpha value is -1.86. The van der Waals surface area contributed by atoms with E-state index in [2.05, 4.69) is 5.32 Å². The molecule has 3 unspecified atom stereocenters. The maximum Gasteiger partial charge on any atom is 0.269 e. The van der Waals surface area contributed by atoms with E-state index in [-0.39, 0.29) is 30.0 Å². The molecule has 1 saturated carbocycles. The van der Waals surface area contributed by atoms with Gasteiger partial charge in [0.25, 0.3) is 5.69 Å². The first-order valence-corrected chi connectivity index (χ1v) is 8.56.